The molecule has 2 nitrogen and oxygen atoms in total. The number of rotatable bonds is 0. The summed E-state index contributed by atoms with van der Waals surface area (Å²) in [6, 6.07) is 0. The second-order valence-corrected chi connectivity index (χ2v) is 1.47. The van der Waals surface area contributed by atoms with Gasteiger partial charge in [0.2, 0.25) is 0 Å². The van der Waals surface area contributed by atoms with Crippen molar-refractivity contribution < 1.29 is 4.79 Å². The third-order valence-corrected chi connectivity index (χ3v) is 0.850. The first-order valence-electron chi connectivity index (χ1n) is 2.24. The molecule has 1 aliphatic heterocycles. The highest BCUT2D eigenvalue weighted by atomic mass is 16.1. The van der Waals surface area contributed by atoms with Crippen LogP contribution in [0.25, 0.3) is 0 Å². The highest BCUT2D eigenvalue weighted by molar-refractivity contribution is 6.04. The summed E-state index contributed by atoms with van der Waals surface area (Å²) in [5, 5.41) is 0. The van der Waals surface area contributed by atoms with Gasteiger partial charge in [-0.3, -0.25) is 4.79 Å². The molecular weight excluding hydrogens is 102 g/mol. The van der Waals surface area contributed by atoms with E-state index >= 15 is 0 Å². The average molecular weight is 107 g/mol. The smallest absolute Gasteiger partial charge is 0.267 e. The monoisotopic (exact) mass is 107 g/mol. The Balaban J connectivity index is 2.89. The maximum absolute atomic E-state index is 10.4. The molecule has 40 valence electrons. The fourth-order valence-corrected chi connectivity index (χ4v) is 0.424. The molecular formula is C6H5NO. The Labute approximate surface area is 47.2 Å². The molecule has 1 amide bonds. The van der Waals surface area contributed by atoms with Crippen LogP contribution in [0, 0.1) is 0 Å². The summed E-state index contributed by atoms with van der Waals surface area (Å²) in [6.07, 6.45) is 4.77. The minimum absolute atomic E-state index is 0.243. The van der Waals surface area contributed by atoms with Gasteiger partial charge in [0.25, 0.3) is 5.91 Å². The Kier molecular flexibility index (Phi) is 1.08. The summed E-state index contributed by atoms with van der Waals surface area (Å²) in [7, 11) is 0. The molecule has 0 aliphatic carbocycles. The third kappa shape index (κ3) is 0.729. The zero-order valence-electron chi connectivity index (χ0n) is 4.29. The molecule has 0 aromatic carbocycles. The van der Waals surface area contributed by atoms with Gasteiger partial charge in [-0.1, -0.05) is 6.58 Å². The molecule has 0 bridgehead atoms. The van der Waals surface area contributed by atoms with Crippen LogP contribution in [-0.4, -0.2) is 12.1 Å². The molecule has 0 unspecified atom stereocenters. The average Bonchev–Trinajstić information content (AvgIpc) is 1.77. The van der Waals surface area contributed by atoms with Crippen LogP contribution in [0.15, 0.2) is 29.3 Å². The second kappa shape index (κ2) is 1.74. The molecule has 1 heterocycles. The first kappa shape index (κ1) is 4.97. The zero-order chi connectivity index (χ0) is 5.98. The fourth-order valence-electron chi connectivity index (χ4n) is 0.424. The SMILES string of the molecule is C=C1C=CC=NC1=O. The van der Waals surface area contributed by atoms with Gasteiger partial charge in [-0.2, -0.15) is 0 Å². The van der Waals surface area contributed by atoms with Crippen molar-refractivity contribution >= 4 is 12.1 Å². The number of allylic oxidation sites excluding steroid dienone is 1. The van der Waals surface area contributed by atoms with Crippen LogP contribution in [-0.2, 0) is 4.79 Å². The molecule has 0 radical (unpaired) electrons. The number of carbonyl (C=O) groups is 1. The molecule has 2 heteroatoms. The highest BCUT2D eigenvalue weighted by Gasteiger charge is 2.00. The summed E-state index contributed by atoms with van der Waals surface area (Å²) in [4.78, 5) is 13.9. The van der Waals surface area contributed by atoms with Gasteiger partial charge >= 0.3 is 0 Å². The predicted molar refractivity (Wildman–Crippen MR) is 31.8 cm³/mol. The van der Waals surface area contributed by atoms with Crippen molar-refractivity contribution in [2.24, 2.45) is 4.99 Å². The molecule has 1 rings (SSSR count). The number of amides is 1. The van der Waals surface area contributed by atoms with E-state index < -0.39 is 0 Å². The molecule has 0 aromatic heterocycles. The van der Waals surface area contributed by atoms with Crippen LogP contribution in [0.1, 0.15) is 0 Å². The number of aliphatic imine (C=N–C) groups is 1. The number of carbonyl (C=O) groups excluding carboxylic acids is 1. The van der Waals surface area contributed by atoms with Crippen molar-refractivity contribution in [3.8, 4) is 0 Å². The van der Waals surface area contributed by atoms with E-state index in [0.29, 0.717) is 5.57 Å². The van der Waals surface area contributed by atoms with E-state index in [9.17, 15) is 4.79 Å². The van der Waals surface area contributed by atoms with E-state index in [1.54, 1.807) is 12.2 Å². The van der Waals surface area contributed by atoms with Crippen molar-refractivity contribution in [3.63, 3.8) is 0 Å². The lowest BCUT2D eigenvalue weighted by Gasteiger charge is -1.93. The van der Waals surface area contributed by atoms with Gasteiger partial charge in [-0.15, -0.1) is 0 Å². The fraction of sp³-hybridized carbons (Fsp3) is 0. The van der Waals surface area contributed by atoms with Gasteiger partial charge in [0.05, 0.1) is 0 Å². The summed E-state index contributed by atoms with van der Waals surface area (Å²) >= 11 is 0. The normalized spacial score (nSPS) is 17.5. The quantitative estimate of drug-likeness (QED) is 0.419. The van der Waals surface area contributed by atoms with Gasteiger partial charge in [0.1, 0.15) is 0 Å². The minimum atomic E-state index is -0.243. The predicted octanol–water partition coefficient (Wildman–Crippen LogP) is 0.710. The van der Waals surface area contributed by atoms with Gasteiger partial charge in [0.15, 0.2) is 0 Å². The van der Waals surface area contributed by atoms with E-state index in [4.69, 9.17) is 0 Å². The zero-order valence-corrected chi connectivity index (χ0v) is 4.29. The topological polar surface area (TPSA) is 29.4 Å². The Morgan fingerprint density at radius 3 is 2.75 bits per heavy atom. The first-order chi connectivity index (χ1) is 3.80. The summed E-state index contributed by atoms with van der Waals surface area (Å²) in [5.41, 5.74) is 0.451. The summed E-state index contributed by atoms with van der Waals surface area (Å²) in [6.45, 7) is 3.45. The minimum Gasteiger partial charge on any atom is -0.267 e. The van der Waals surface area contributed by atoms with E-state index in [2.05, 4.69) is 11.6 Å². The lowest BCUT2D eigenvalue weighted by Crippen LogP contribution is -1.97. The number of hydrogen-bond donors (Lipinski definition) is 0. The van der Waals surface area contributed by atoms with E-state index in [-0.39, 0.29) is 5.91 Å². The van der Waals surface area contributed by atoms with E-state index in [0.717, 1.165) is 0 Å². The largest absolute Gasteiger partial charge is 0.276 e. The van der Waals surface area contributed by atoms with Crippen molar-refractivity contribution in [1.82, 2.24) is 0 Å². The van der Waals surface area contributed by atoms with Crippen LogP contribution >= 0.6 is 0 Å². The Morgan fingerprint density at radius 2 is 2.38 bits per heavy atom. The van der Waals surface area contributed by atoms with Crippen molar-refractivity contribution in [1.29, 1.82) is 0 Å². The van der Waals surface area contributed by atoms with Crippen LogP contribution in [0.3, 0.4) is 0 Å². The third-order valence-electron chi connectivity index (χ3n) is 0.850. The maximum atomic E-state index is 10.4. The summed E-state index contributed by atoms with van der Waals surface area (Å²) < 4.78 is 0. The molecule has 0 saturated heterocycles. The lowest BCUT2D eigenvalue weighted by atomic mass is 10.2. The highest BCUT2D eigenvalue weighted by Crippen LogP contribution is 1.98. The van der Waals surface area contributed by atoms with E-state index in [1.807, 2.05) is 0 Å². The summed E-state index contributed by atoms with van der Waals surface area (Å²) in [5.74, 6) is -0.243. The van der Waals surface area contributed by atoms with Gasteiger partial charge in [0, 0.05) is 11.8 Å². The van der Waals surface area contributed by atoms with Crippen molar-refractivity contribution in [2.45, 2.75) is 0 Å². The Bertz CT molecular complexity index is 167. The standard InChI is InChI=1S/C6H5NO/c1-5-3-2-4-7-6(5)8/h2-4H,1H2. The molecule has 0 spiro atoms. The van der Waals surface area contributed by atoms with Gasteiger partial charge in [-0.05, 0) is 12.2 Å². The number of nitrogens with zero attached hydrogens (tertiary/aromatic N) is 1. The molecule has 0 atom stereocenters. The molecule has 0 aromatic rings. The lowest BCUT2D eigenvalue weighted by molar-refractivity contribution is -0.114. The molecule has 0 N–H and O–H groups in total. The number of dihydropyridines is 1. The number of hydrogen-bond acceptors (Lipinski definition) is 1. The maximum Gasteiger partial charge on any atom is 0.276 e. The first-order valence-corrected chi connectivity index (χ1v) is 2.24. The van der Waals surface area contributed by atoms with Crippen LogP contribution in [0.4, 0.5) is 0 Å². The van der Waals surface area contributed by atoms with Crippen LogP contribution in [0.5, 0.6) is 0 Å². The molecule has 1 aliphatic rings. The Hall–Kier alpha value is -1.18. The van der Waals surface area contributed by atoms with Crippen molar-refractivity contribution in [3.05, 3.63) is 24.3 Å². The molecule has 0 saturated carbocycles. The molecule has 8 heavy (non-hydrogen) atoms. The van der Waals surface area contributed by atoms with Gasteiger partial charge < -0.3 is 0 Å². The van der Waals surface area contributed by atoms with Crippen molar-refractivity contribution in [2.75, 3.05) is 0 Å². The van der Waals surface area contributed by atoms with Crippen LogP contribution < -0.4 is 0 Å². The van der Waals surface area contributed by atoms with E-state index in [1.165, 1.54) is 6.21 Å². The molecule has 0 fully saturated rings. The van der Waals surface area contributed by atoms with Gasteiger partial charge in [-0.25, -0.2) is 4.99 Å². The van der Waals surface area contributed by atoms with Crippen LogP contribution in [0.2, 0.25) is 0 Å². The second-order valence-electron chi connectivity index (χ2n) is 1.47. The Morgan fingerprint density at radius 1 is 1.62 bits per heavy atom.